The number of piperidine rings is 1. The third kappa shape index (κ3) is 2.43. The van der Waals surface area contributed by atoms with Crippen molar-refractivity contribution in [3.05, 3.63) is 35.4 Å². The van der Waals surface area contributed by atoms with Crippen LogP contribution in [0.15, 0.2) is 24.3 Å². The normalized spacial score (nSPS) is 37.2. The molecule has 0 saturated carbocycles. The summed E-state index contributed by atoms with van der Waals surface area (Å²) in [7, 11) is 0. The highest BCUT2D eigenvalue weighted by Crippen LogP contribution is 2.46. The molecule has 1 saturated heterocycles. The minimum Gasteiger partial charge on any atom is -0.328 e. The van der Waals surface area contributed by atoms with Gasteiger partial charge in [0.25, 0.3) is 0 Å². The third-order valence-corrected chi connectivity index (χ3v) is 5.99. The van der Waals surface area contributed by atoms with E-state index in [1.54, 1.807) is 0 Å². The van der Waals surface area contributed by atoms with Gasteiger partial charge in [-0.15, -0.1) is 0 Å². The van der Waals surface area contributed by atoms with E-state index < -0.39 is 0 Å². The van der Waals surface area contributed by atoms with Crippen LogP contribution in [0.5, 0.6) is 0 Å². The Morgan fingerprint density at radius 2 is 1.90 bits per heavy atom. The monoisotopic (exact) mass is 286 g/mol. The summed E-state index contributed by atoms with van der Waals surface area (Å²) in [6.45, 7) is 9.08. The number of rotatable bonds is 2. The summed E-state index contributed by atoms with van der Waals surface area (Å²) in [5.41, 5.74) is 9.50. The molecule has 1 aromatic rings. The van der Waals surface area contributed by atoms with E-state index in [-0.39, 0.29) is 5.54 Å². The molecule has 0 spiro atoms. The van der Waals surface area contributed by atoms with Crippen LogP contribution in [0.25, 0.3) is 0 Å². The standard InChI is InChI=1S/C19H30N2/c1-14-8-9-16(3)21(12-14)19(13-20)11-10-15(2)17-6-4-5-7-18(17)19/h4-7,14-16H,8-13,20H2,1-3H3. The van der Waals surface area contributed by atoms with Crippen molar-refractivity contribution in [2.75, 3.05) is 13.1 Å². The zero-order valence-corrected chi connectivity index (χ0v) is 13.8. The highest BCUT2D eigenvalue weighted by molar-refractivity contribution is 5.39. The summed E-state index contributed by atoms with van der Waals surface area (Å²) < 4.78 is 0. The Labute approximate surface area is 129 Å². The summed E-state index contributed by atoms with van der Waals surface area (Å²) in [5.74, 6) is 1.45. The van der Waals surface area contributed by atoms with Crippen LogP contribution in [0.2, 0.25) is 0 Å². The predicted molar refractivity (Wildman–Crippen MR) is 89.4 cm³/mol. The van der Waals surface area contributed by atoms with Crippen molar-refractivity contribution < 1.29 is 0 Å². The number of fused-ring (bicyclic) bond motifs is 1. The lowest BCUT2D eigenvalue weighted by Crippen LogP contribution is -2.59. The average Bonchev–Trinajstić information content (AvgIpc) is 2.51. The summed E-state index contributed by atoms with van der Waals surface area (Å²) in [6.07, 6.45) is 5.13. The first kappa shape index (κ1) is 15.1. The Morgan fingerprint density at radius 3 is 2.67 bits per heavy atom. The average molecular weight is 286 g/mol. The van der Waals surface area contributed by atoms with Crippen molar-refractivity contribution in [2.24, 2.45) is 11.7 Å². The van der Waals surface area contributed by atoms with E-state index in [0.717, 1.165) is 12.5 Å². The van der Waals surface area contributed by atoms with Crippen molar-refractivity contribution in [3.8, 4) is 0 Å². The smallest absolute Gasteiger partial charge is 0.0589 e. The van der Waals surface area contributed by atoms with Gasteiger partial charge in [-0.3, -0.25) is 4.90 Å². The predicted octanol–water partition coefficient (Wildman–Crippen LogP) is 3.86. The minimum absolute atomic E-state index is 0.0667. The van der Waals surface area contributed by atoms with Gasteiger partial charge in [0, 0.05) is 19.1 Å². The fraction of sp³-hybridized carbons (Fsp3) is 0.684. The van der Waals surface area contributed by atoms with Gasteiger partial charge in [0.2, 0.25) is 0 Å². The van der Waals surface area contributed by atoms with Gasteiger partial charge in [0.1, 0.15) is 0 Å². The molecular formula is C19H30N2. The number of nitrogens with zero attached hydrogens (tertiary/aromatic N) is 1. The topological polar surface area (TPSA) is 29.3 Å². The number of benzene rings is 1. The van der Waals surface area contributed by atoms with Gasteiger partial charge in [-0.1, -0.05) is 38.1 Å². The second kappa shape index (κ2) is 5.73. The van der Waals surface area contributed by atoms with Crippen LogP contribution in [-0.2, 0) is 5.54 Å². The van der Waals surface area contributed by atoms with Crippen LogP contribution in [0.4, 0.5) is 0 Å². The zero-order chi connectivity index (χ0) is 15.0. The maximum atomic E-state index is 6.40. The molecule has 2 N–H and O–H groups in total. The van der Waals surface area contributed by atoms with Crippen LogP contribution in [0, 0.1) is 5.92 Å². The van der Waals surface area contributed by atoms with Crippen LogP contribution in [0.1, 0.15) is 63.5 Å². The molecule has 2 heteroatoms. The number of hydrogen-bond acceptors (Lipinski definition) is 2. The van der Waals surface area contributed by atoms with Crippen molar-refractivity contribution >= 4 is 0 Å². The molecule has 2 aliphatic rings. The van der Waals surface area contributed by atoms with Gasteiger partial charge in [-0.05, 0) is 55.6 Å². The summed E-state index contributed by atoms with van der Waals surface area (Å²) in [6, 6.07) is 9.68. The fourth-order valence-electron chi connectivity index (χ4n) is 4.61. The lowest BCUT2D eigenvalue weighted by Gasteiger charge is -2.53. The molecule has 1 aliphatic heterocycles. The Balaban J connectivity index is 2.06. The van der Waals surface area contributed by atoms with Crippen LogP contribution < -0.4 is 5.73 Å². The number of nitrogens with two attached hydrogens (primary N) is 1. The van der Waals surface area contributed by atoms with Crippen molar-refractivity contribution in [3.63, 3.8) is 0 Å². The molecule has 1 fully saturated rings. The molecule has 0 bridgehead atoms. The summed E-state index contributed by atoms with van der Waals surface area (Å²) in [4.78, 5) is 2.74. The van der Waals surface area contributed by atoms with Gasteiger partial charge in [0.05, 0.1) is 5.54 Å². The number of likely N-dealkylation sites (tertiary alicyclic amines) is 1. The van der Waals surface area contributed by atoms with Crippen molar-refractivity contribution in [2.45, 2.75) is 64.0 Å². The molecule has 1 aliphatic carbocycles. The maximum absolute atomic E-state index is 6.40. The molecule has 3 rings (SSSR count). The van der Waals surface area contributed by atoms with Crippen molar-refractivity contribution in [1.29, 1.82) is 0 Å². The molecule has 0 amide bonds. The Hall–Kier alpha value is -0.860. The second-order valence-corrected chi connectivity index (χ2v) is 7.45. The summed E-state index contributed by atoms with van der Waals surface area (Å²) in [5, 5.41) is 0. The molecular weight excluding hydrogens is 256 g/mol. The summed E-state index contributed by atoms with van der Waals surface area (Å²) >= 11 is 0. The second-order valence-electron chi connectivity index (χ2n) is 7.45. The van der Waals surface area contributed by atoms with E-state index >= 15 is 0 Å². The molecule has 4 unspecified atom stereocenters. The molecule has 116 valence electrons. The van der Waals surface area contributed by atoms with Crippen molar-refractivity contribution in [1.82, 2.24) is 4.90 Å². The first-order valence-electron chi connectivity index (χ1n) is 8.64. The van der Waals surface area contributed by atoms with E-state index in [2.05, 4.69) is 49.9 Å². The van der Waals surface area contributed by atoms with Gasteiger partial charge in [-0.2, -0.15) is 0 Å². The third-order valence-electron chi connectivity index (χ3n) is 5.99. The highest BCUT2D eigenvalue weighted by Gasteiger charge is 2.45. The van der Waals surface area contributed by atoms with Crippen LogP contribution >= 0.6 is 0 Å². The van der Waals surface area contributed by atoms with E-state index in [9.17, 15) is 0 Å². The first-order chi connectivity index (χ1) is 10.1. The van der Waals surface area contributed by atoms with Crippen LogP contribution in [-0.4, -0.2) is 24.0 Å². The first-order valence-corrected chi connectivity index (χ1v) is 8.64. The fourth-order valence-corrected chi connectivity index (χ4v) is 4.61. The SMILES string of the molecule is CC1CCC(C)N(C2(CN)CCC(C)c3ccccc32)C1. The minimum atomic E-state index is 0.0667. The molecule has 4 atom stereocenters. The van der Waals surface area contributed by atoms with E-state index in [1.165, 1.54) is 43.4 Å². The van der Waals surface area contributed by atoms with E-state index in [0.29, 0.717) is 12.0 Å². The lowest BCUT2D eigenvalue weighted by atomic mass is 9.70. The molecule has 21 heavy (non-hydrogen) atoms. The zero-order valence-electron chi connectivity index (χ0n) is 13.8. The molecule has 0 radical (unpaired) electrons. The van der Waals surface area contributed by atoms with E-state index in [4.69, 9.17) is 5.73 Å². The largest absolute Gasteiger partial charge is 0.328 e. The van der Waals surface area contributed by atoms with Gasteiger partial charge < -0.3 is 5.73 Å². The maximum Gasteiger partial charge on any atom is 0.0589 e. The van der Waals surface area contributed by atoms with Gasteiger partial charge in [0.15, 0.2) is 0 Å². The van der Waals surface area contributed by atoms with Gasteiger partial charge >= 0.3 is 0 Å². The van der Waals surface area contributed by atoms with Gasteiger partial charge in [-0.25, -0.2) is 0 Å². The lowest BCUT2D eigenvalue weighted by molar-refractivity contribution is -0.00563. The molecule has 1 aromatic carbocycles. The number of hydrogen-bond donors (Lipinski definition) is 1. The molecule has 0 aromatic heterocycles. The molecule has 2 nitrogen and oxygen atoms in total. The molecule has 1 heterocycles. The Bertz CT molecular complexity index is 498. The Kier molecular flexibility index (Phi) is 4.11. The quantitative estimate of drug-likeness (QED) is 0.894. The Morgan fingerprint density at radius 1 is 1.14 bits per heavy atom. The van der Waals surface area contributed by atoms with E-state index in [1.807, 2.05) is 0 Å². The highest BCUT2D eigenvalue weighted by atomic mass is 15.2. The van der Waals surface area contributed by atoms with Crippen LogP contribution in [0.3, 0.4) is 0 Å².